The van der Waals surface area contributed by atoms with Crippen LogP contribution in [0.2, 0.25) is 0 Å². The van der Waals surface area contributed by atoms with Gasteiger partial charge in [0.15, 0.2) is 9.84 Å². The van der Waals surface area contributed by atoms with Crippen LogP contribution in [-0.2, 0) is 14.6 Å². The van der Waals surface area contributed by atoms with E-state index < -0.39 is 9.84 Å². The van der Waals surface area contributed by atoms with Crippen molar-refractivity contribution in [3.05, 3.63) is 29.8 Å². The first-order valence-electron chi connectivity index (χ1n) is 7.70. The lowest BCUT2D eigenvalue weighted by Crippen LogP contribution is -2.36. The van der Waals surface area contributed by atoms with Gasteiger partial charge in [-0.2, -0.15) is 0 Å². The molecule has 1 aromatic rings. The van der Waals surface area contributed by atoms with Crippen molar-refractivity contribution in [2.75, 3.05) is 23.4 Å². The summed E-state index contributed by atoms with van der Waals surface area (Å²) in [7, 11) is -2.95. The number of carbonyl (C=O) groups is 1. The van der Waals surface area contributed by atoms with Gasteiger partial charge in [-0.05, 0) is 24.0 Å². The molecule has 0 spiro atoms. The van der Waals surface area contributed by atoms with Gasteiger partial charge in [-0.15, -0.1) is 0 Å². The number of rotatable bonds is 6. The molecule has 0 radical (unpaired) electrons. The number of nitrogens with one attached hydrogen (secondary N) is 2. The Labute approximate surface area is 132 Å². The van der Waals surface area contributed by atoms with E-state index in [-0.39, 0.29) is 23.5 Å². The van der Waals surface area contributed by atoms with Crippen molar-refractivity contribution in [3.63, 3.8) is 0 Å². The Bertz CT molecular complexity index is 626. The van der Waals surface area contributed by atoms with E-state index in [2.05, 4.69) is 30.5 Å². The van der Waals surface area contributed by atoms with E-state index in [9.17, 15) is 13.2 Å². The minimum atomic E-state index is -2.95. The molecule has 0 aromatic heterocycles. The van der Waals surface area contributed by atoms with Gasteiger partial charge in [0.05, 0.1) is 11.5 Å². The molecule has 1 atom stereocenters. The van der Waals surface area contributed by atoms with Gasteiger partial charge in [-0.25, -0.2) is 8.42 Å². The average molecular weight is 324 g/mol. The highest BCUT2D eigenvalue weighted by Gasteiger charge is 2.28. The predicted molar refractivity (Wildman–Crippen MR) is 88.8 cm³/mol. The van der Waals surface area contributed by atoms with Gasteiger partial charge in [0.1, 0.15) is 0 Å². The molecule has 1 fully saturated rings. The van der Waals surface area contributed by atoms with Crippen LogP contribution in [0.15, 0.2) is 24.3 Å². The van der Waals surface area contributed by atoms with E-state index in [1.807, 2.05) is 18.2 Å². The first-order chi connectivity index (χ1) is 10.4. The van der Waals surface area contributed by atoms with Crippen molar-refractivity contribution in [1.82, 2.24) is 5.32 Å². The fourth-order valence-corrected chi connectivity index (χ4v) is 4.35. The third kappa shape index (κ3) is 4.73. The van der Waals surface area contributed by atoms with Crippen molar-refractivity contribution in [1.29, 1.82) is 0 Å². The molecule has 0 aliphatic carbocycles. The van der Waals surface area contributed by atoms with Crippen molar-refractivity contribution < 1.29 is 13.2 Å². The standard InChI is InChI=1S/C16H24N2O3S/c1-12(2)14-5-3-4-6-15(14)17-9-7-16(19)18-13-8-10-22(20,21)11-13/h3-6,12-13,17H,7-11H2,1-2H3,(H,18,19). The summed E-state index contributed by atoms with van der Waals surface area (Å²) in [5, 5.41) is 6.09. The van der Waals surface area contributed by atoms with Crippen LogP contribution in [-0.4, -0.2) is 38.4 Å². The van der Waals surface area contributed by atoms with Gasteiger partial charge in [-0.1, -0.05) is 32.0 Å². The number of carbonyl (C=O) groups excluding carboxylic acids is 1. The molecule has 1 aromatic carbocycles. The van der Waals surface area contributed by atoms with Crippen LogP contribution in [0.5, 0.6) is 0 Å². The first kappa shape index (κ1) is 16.8. The summed E-state index contributed by atoms with van der Waals surface area (Å²) >= 11 is 0. The molecule has 1 saturated heterocycles. The maximum absolute atomic E-state index is 11.9. The van der Waals surface area contributed by atoms with Gasteiger partial charge >= 0.3 is 0 Å². The maximum atomic E-state index is 11.9. The van der Waals surface area contributed by atoms with Gasteiger partial charge in [0.2, 0.25) is 5.91 Å². The second kappa shape index (κ2) is 7.13. The Balaban J connectivity index is 1.78. The summed E-state index contributed by atoms with van der Waals surface area (Å²) in [4.78, 5) is 11.9. The highest BCUT2D eigenvalue weighted by Crippen LogP contribution is 2.23. The molecule has 1 amide bonds. The maximum Gasteiger partial charge on any atom is 0.222 e. The van der Waals surface area contributed by atoms with Gasteiger partial charge < -0.3 is 10.6 Å². The SMILES string of the molecule is CC(C)c1ccccc1NCCC(=O)NC1CCS(=O)(=O)C1. The Morgan fingerprint density at radius 1 is 1.32 bits per heavy atom. The summed E-state index contributed by atoms with van der Waals surface area (Å²) in [6.07, 6.45) is 0.862. The zero-order valence-electron chi connectivity index (χ0n) is 13.1. The Hall–Kier alpha value is -1.56. The normalized spacial score (nSPS) is 20.0. The predicted octanol–water partition coefficient (Wildman–Crippen LogP) is 1.92. The fourth-order valence-electron chi connectivity index (χ4n) is 2.68. The van der Waals surface area contributed by atoms with Gasteiger partial charge in [0.25, 0.3) is 0 Å². The summed E-state index contributed by atoms with van der Waals surface area (Å²) in [5.41, 5.74) is 2.28. The first-order valence-corrected chi connectivity index (χ1v) is 9.52. The Morgan fingerprint density at radius 3 is 2.68 bits per heavy atom. The molecule has 1 aliphatic heterocycles. The van der Waals surface area contributed by atoms with E-state index in [1.165, 1.54) is 5.56 Å². The lowest BCUT2D eigenvalue weighted by molar-refractivity contribution is -0.121. The Morgan fingerprint density at radius 2 is 2.05 bits per heavy atom. The van der Waals surface area contributed by atoms with Crippen LogP contribution in [0, 0.1) is 0 Å². The van der Waals surface area contributed by atoms with Crippen molar-refractivity contribution in [2.45, 2.75) is 38.6 Å². The fraction of sp³-hybridized carbons (Fsp3) is 0.562. The lowest BCUT2D eigenvalue weighted by Gasteiger charge is -2.15. The van der Waals surface area contributed by atoms with Crippen LogP contribution in [0.25, 0.3) is 0 Å². The summed E-state index contributed by atoms with van der Waals surface area (Å²) in [6.45, 7) is 4.80. The van der Waals surface area contributed by atoms with E-state index in [0.717, 1.165) is 5.69 Å². The smallest absolute Gasteiger partial charge is 0.222 e. The third-order valence-corrected chi connectivity index (χ3v) is 5.62. The number of anilines is 1. The van der Waals surface area contributed by atoms with Crippen LogP contribution in [0.4, 0.5) is 5.69 Å². The summed E-state index contributed by atoms with van der Waals surface area (Å²) in [5.74, 6) is 0.568. The van der Waals surface area contributed by atoms with Crippen molar-refractivity contribution >= 4 is 21.4 Å². The van der Waals surface area contributed by atoms with Crippen LogP contribution in [0.1, 0.15) is 38.2 Å². The molecule has 5 nitrogen and oxygen atoms in total. The monoisotopic (exact) mass is 324 g/mol. The lowest BCUT2D eigenvalue weighted by atomic mass is 10.0. The molecule has 6 heteroatoms. The molecule has 2 N–H and O–H groups in total. The molecule has 0 bridgehead atoms. The van der Waals surface area contributed by atoms with Crippen molar-refractivity contribution in [2.24, 2.45) is 0 Å². The minimum absolute atomic E-state index is 0.0718. The number of hydrogen-bond acceptors (Lipinski definition) is 4. The third-order valence-electron chi connectivity index (χ3n) is 3.85. The summed E-state index contributed by atoms with van der Waals surface area (Å²) in [6, 6.07) is 7.85. The molecular weight excluding hydrogens is 300 g/mol. The molecule has 1 aliphatic rings. The Kier molecular flexibility index (Phi) is 5.45. The van der Waals surface area contributed by atoms with Crippen LogP contribution >= 0.6 is 0 Å². The number of hydrogen-bond donors (Lipinski definition) is 2. The molecule has 122 valence electrons. The highest BCUT2D eigenvalue weighted by molar-refractivity contribution is 7.91. The molecule has 1 unspecified atom stereocenters. The number of amides is 1. The molecule has 0 saturated carbocycles. The van der Waals surface area contributed by atoms with Gasteiger partial charge in [0, 0.05) is 24.7 Å². The highest BCUT2D eigenvalue weighted by atomic mass is 32.2. The zero-order valence-corrected chi connectivity index (χ0v) is 13.9. The molecule has 1 heterocycles. The summed E-state index contributed by atoms with van der Waals surface area (Å²) < 4.78 is 22.7. The van der Waals surface area contributed by atoms with Crippen LogP contribution in [0.3, 0.4) is 0 Å². The molecule has 2 rings (SSSR count). The van der Waals surface area contributed by atoms with E-state index in [0.29, 0.717) is 25.3 Å². The molecular formula is C16H24N2O3S. The van der Waals surface area contributed by atoms with E-state index in [1.54, 1.807) is 0 Å². The molecule has 22 heavy (non-hydrogen) atoms. The van der Waals surface area contributed by atoms with Crippen LogP contribution < -0.4 is 10.6 Å². The second-order valence-electron chi connectivity index (χ2n) is 6.09. The quantitative estimate of drug-likeness (QED) is 0.838. The zero-order chi connectivity index (χ0) is 16.2. The largest absolute Gasteiger partial charge is 0.384 e. The van der Waals surface area contributed by atoms with Gasteiger partial charge in [-0.3, -0.25) is 4.79 Å². The van der Waals surface area contributed by atoms with Crippen molar-refractivity contribution in [3.8, 4) is 0 Å². The topological polar surface area (TPSA) is 75.3 Å². The average Bonchev–Trinajstić information content (AvgIpc) is 2.78. The number of para-hydroxylation sites is 1. The van der Waals surface area contributed by atoms with E-state index >= 15 is 0 Å². The second-order valence-corrected chi connectivity index (χ2v) is 8.31. The minimum Gasteiger partial charge on any atom is -0.384 e. The number of sulfone groups is 1. The number of benzene rings is 1. The van der Waals surface area contributed by atoms with E-state index in [4.69, 9.17) is 0 Å².